The molecule has 0 aliphatic carbocycles. The molecule has 0 fully saturated rings. The van der Waals surface area contributed by atoms with Crippen molar-refractivity contribution in [2.24, 2.45) is 0 Å². The minimum atomic E-state index is -6.01. The van der Waals surface area contributed by atoms with Crippen molar-refractivity contribution in [3.8, 4) is 0 Å². The molecule has 0 saturated heterocycles. The van der Waals surface area contributed by atoms with Crippen LogP contribution in [-0.4, -0.2) is 12.1 Å². The maximum absolute atomic E-state index is 14.1. The lowest BCUT2D eigenvalue weighted by atomic mass is 10.1. The largest absolute Gasteiger partial charge is 0.460 e. The number of alkyl halides is 5. The van der Waals surface area contributed by atoms with E-state index in [0.717, 1.165) is 0 Å². The Kier molecular flexibility index (Phi) is 5.09. The van der Waals surface area contributed by atoms with Gasteiger partial charge in [-0.15, -0.1) is 0 Å². The summed E-state index contributed by atoms with van der Waals surface area (Å²) in [5, 5.41) is 0. The third-order valence-corrected chi connectivity index (χ3v) is 3.96. The predicted octanol–water partition coefficient (Wildman–Crippen LogP) is 6.31. The van der Waals surface area contributed by atoms with Gasteiger partial charge in [0.1, 0.15) is 0 Å². The SMILES string of the molecule is F/C(=C(\Sc1ccccc1)c1ccccc1)C(F)(F)C(F)(F)F. The zero-order valence-electron chi connectivity index (χ0n) is 11.4. The first-order valence-corrected chi connectivity index (χ1v) is 7.18. The molecule has 0 atom stereocenters. The highest BCUT2D eigenvalue weighted by molar-refractivity contribution is 8.08. The lowest BCUT2D eigenvalue weighted by Crippen LogP contribution is -2.37. The summed E-state index contributed by atoms with van der Waals surface area (Å²) in [6, 6.07) is 14.7. The lowest BCUT2D eigenvalue weighted by molar-refractivity contribution is -0.270. The van der Waals surface area contributed by atoms with Crippen molar-refractivity contribution in [2.45, 2.75) is 17.0 Å². The summed E-state index contributed by atoms with van der Waals surface area (Å²) >= 11 is 0.518. The monoisotopic (exact) mass is 348 g/mol. The first kappa shape index (κ1) is 17.5. The van der Waals surface area contributed by atoms with Gasteiger partial charge in [-0.1, -0.05) is 60.3 Å². The van der Waals surface area contributed by atoms with Crippen LogP contribution >= 0.6 is 11.8 Å². The maximum atomic E-state index is 14.1. The van der Waals surface area contributed by atoms with Crippen LogP contribution in [-0.2, 0) is 0 Å². The number of hydrogen-bond acceptors (Lipinski definition) is 1. The van der Waals surface area contributed by atoms with Gasteiger partial charge in [-0.25, -0.2) is 4.39 Å². The van der Waals surface area contributed by atoms with Crippen LogP contribution in [0.5, 0.6) is 0 Å². The highest BCUT2D eigenvalue weighted by atomic mass is 32.2. The summed E-state index contributed by atoms with van der Waals surface area (Å²) in [4.78, 5) is -0.418. The van der Waals surface area contributed by atoms with Crippen LogP contribution in [0.3, 0.4) is 0 Å². The van der Waals surface area contributed by atoms with E-state index in [-0.39, 0.29) is 5.56 Å². The molecule has 0 amide bonds. The summed E-state index contributed by atoms with van der Waals surface area (Å²) in [6.45, 7) is 0. The van der Waals surface area contributed by atoms with Gasteiger partial charge in [-0.3, -0.25) is 0 Å². The van der Waals surface area contributed by atoms with Crippen molar-refractivity contribution >= 4 is 16.7 Å². The molecule has 0 saturated carbocycles. The molecule has 0 bridgehead atoms. The third kappa shape index (κ3) is 3.90. The van der Waals surface area contributed by atoms with Gasteiger partial charge in [0.2, 0.25) is 0 Å². The standard InChI is InChI=1S/C16H10F6S/c17-14(15(18,19)16(20,21)22)13(11-7-3-1-4-8-11)23-12-9-5-2-6-10-12/h1-10H/b14-13-. The van der Waals surface area contributed by atoms with Gasteiger partial charge < -0.3 is 0 Å². The Balaban J connectivity index is 2.56. The highest BCUT2D eigenvalue weighted by Crippen LogP contribution is 2.48. The highest BCUT2D eigenvalue weighted by Gasteiger charge is 2.62. The molecule has 0 N–H and O–H groups in total. The van der Waals surface area contributed by atoms with Crippen LogP contribution in [0.15, 0.2) is 71.4 Å². The zero-order chi connectivity index (χ0) is 17.1. The molecule has 0 radical (unpaired) electrons. The molecule has 0 aliphatic heterocycles. The van der Waals surface area contributed by atoms with Gasteiger partial charge in [-0.2, -0.15) is 22.0 Å². The molecule has 23 heavy (non-hydrogen) atoms. The maximum Gasteiger partial charge on any atom is 0.460 e. The summed E-state index contributed by atoms with van der Waals surface area (Å²) < 4.78 is 78.3. The van der Waals surface area contributed by atoms with Gasteiger partial charge in [0.25, 0.3) is 0 Å². The van der Waals surface area contributed by atoms with Gasteiger partial charge in [-0.05, 0) is 17.7 Å². The van der Waals surface area contributed by atoms with Crippen molar-refractivity contribution in [3.05, 3.63) is 72.1 Å². The molecule has 122 valence electrons. The summed E-state index contributed by atoms with van der Waals surface area (Å²) in [5.74, 6) is -8.06. The normalized spacial score (nSPS) is 13.7. The third-order valence-electron chi connectivity index (χ3n) is 2.83. The number of hydrogen-bond donors (Lipinski definition) is 0. The fourth-order valence-corrected chi connectivity index (χ4v) is 2.69. The second-order valence-electron chi connectivity index (χ2n) is 4.50. The van der Waals surface area contributed by atoms with Crippen LogP contribution < -0.4 is 0 Å². The molecule has 2 aromatic carbocycles. The second kappa shape index (κ2) is 6.70. The van der Waals surface area contributed by atoms with E-state index < -0.39 is 22.8 Å². The predicted molar refractivity (Wildman–Crippen MR) is 77.8 cm³/mol. The van der Waals surface area contributed by atoms with E-state index in [0.29, 0.717) is 16.7 Å². The first-order valence-electron chi connectivity index (χ1n) is 6.36. The fraction of sp³-hybridized carbons (Fsp3) is 0.125. The average Bonchev–Trinajstić information content (AvgIpc) is 2.52. The van der Waals surface area contributed by atoms with Gasteiger partial charge >= 0.3 is 12.1 Å². The van der Waals surface area contributed by atoms with Crippen LogP contribution in [0.1, 0.15) is 5.56 Å². The quantitative estimate of drug-likeness (QED) is 0.460. The molecular weight excluding hydrogens is 338 g/mol. The lowest BCUT2D eigenvalue weighted by Gasteiger charge is -2.20. The van der Waals surface area contributed by atoms with Crippen molar-refractivity contribution in [3.63, 3.8) is 0 Å². The average molecular weight is 348 g/mol. The molecule has 0 heterocycles. The van der Waals surface area contributed by atoms with Gasteiger partial charge in [0.05, 0.1) is 4.91 Å². The summed E-state index contributed by atoms with van der Waals surface area (Å²) in [7, 11) is 0. The van der Waals surface area contributed by atoms with Crippen LogP contribution in [0.2, 0.25) is 0 Å². The van der Waals surface area contributed by atoms with Crippen LogP contribution in [0, 0.1) is 0 Å². The minimum absolute atomic E-state index is 0.0530. The molecule has 0 aliphatic rings. The molecule has 2 rings (SSSR count). The van der Waals surface area contributed by atoms with Crippen molar-refractivity contribution in [1.29, 1.82) is 0 Å². The van der Waals surface area contributed by atoms with Crippen LogP contribution in [0.4, 0.5) is 26.3 Å². The second-order valence-corrected chi connectivity index (χ2v) is 5.58. The fourth-order valence-electron chi connectivity index (χ4n) is 1.69. The Morgan fingerprint density at radius 3 is 1.70 bits per heavy atom. The Hall–Kier alpha value is -1.89. The molecule has 0 nitrogen and oxygen atoms in total. The topological polar surface area (TPSA) is 0 Å². The first-order chi connectivity index (χ1) is 10.7. The Labute approximate surface area is 132 Å². The van der Waals surface area contributed by atoms with Crippen LogP contribution in [0.25, 0.3) is 4.91 Å². The van der Waals surface area contributed by atoms with E-state index in [1.165, 1.54) is 36.4 Å². The van der Waals surface area contributed by atoms with E-state index in [1.807, 2.05) is 0 Å². The smallest absolute Gasteiger partial charge is 0.203 e. The molecule has 0 aromatic heterocycles. The Morgan fingerprint density at radius 1 is 0.739 bits per heavy atom. The minimum Gasteiger partial charge on any atom is -0.203 e. The van der Waals surface area contributed by atoms with E-state index in [2.05, 4.69) is 0 Å². The molecular formula is C16H10F6S. The van der Waals surface area contributed by atoms with Crippen molar-refractivity contribution < 1.29 is 26.3 Å². The summed E-state index contributed by atoms with van der Waals surface area (Å²) in [6.07, 6.45) is -6.01. The van der Waals surface area contributed by atoms with E-state index in [4.69, 9.17) is 0 Å². The van der Waals surface area contributed by atoms with E-state index in [1.54, 1.807) is 24.3 Å². The number of thioether (sulfide) groups is 1. The Morgan fingerprint density at radius 2 is 1.22 bits per heavy atom. The molecule has 0 unspecified atom stereocenters. The number of halogens is 6. The molecule has 7 heteroatoms. The molecule has 0 spiro atoms. The van der Waals surface area contributed by atoms with Gasteiger partial charge in [0, 0.05) is 4.90 Å². The number of allylic oxidation sites excluding steroid dienone is 1. The van der Waals surface area contributed by atoms with Crippen molar-refractivity contribution in [2.75, 3.05) is 0 Å². The number of rotatable bonds is 4. The van der Waals surface area contributed by atoms with E-state index in [9.17, 15) is 26.3 Å². The Bertz CT molecular complexity index is 677. The van der Waals surface area contributed by atoms with Gasteiger partial charge in [0.15, 0.2) is 5.83 Å². The van der Waals surface area contributed by atoms with Crippen molar-refractivity contribution in [1.82, 2.24) is 0 Å². The summed E-state index contributed by atoms with van der Waals surface area (Å²) in [5.41, 5.74) is -0.0530. The zero-order valence-corrected chi connectivity index (χ0v) is 12.3. The molecule has 2 aromatic rings. The number of benzene rings is 2. The van der Waals surface area contributed by atoms with E-state index >= 15 is 0 Å².